The van der Waals surface area contributed by atoms with Crippen molar-refractivity contribution in [2.24, 2.45) is 0 Å². The summed E-state index contributed by atoms with van der Waals surface area (Å²) in [4.78, 5) is 25.6. The molecule has 0 saturated heterocycles. The Morgan fingerprint density at radius 1 is 1.23 bits per heavy atom. The van der Waals surface area contributed by atoms with Crippen LogP contribution in [-0.2, 0) is 22.4 Å². The smallest absolute Gasteiger partial charge is 0.223 e. The van der Waals surface area contributed by atoms with Crippen molar-refractivity contribution in [1.29, 1.82) is 0 Å². The van der Waals surface area contributed by atoms with Crippen molar-refractivity contribution < 1.29 is 9.59 Å². The van der Waals surface area contributed by atoms with Crippen LogP contribution in [0.1, 0.15) is 38.3 Å². The van der Waals surface area contributed by atoms with Gasteiger partial charge in [0.1, 0.15) is 0 Å². The summed E-state index contributed by atoms with van der Waals surface area (Å²) in [5.74, 6) is -0.106. The highest BCUT2D eigenvalue weighted by atomic mass is 16.2. The monoisotopic (exact) mass is 302 g/mol. The molecule has 0 unspecified atom stereocenters. The van der Waals surface area contributed by atoms with Gasteiger partial charge in [-0.1, -0.05) is 38.1 Å². The molecular formula is C18H26N2O2. The minimum Gasteiger partial charge on any atom is -0.353 e. The molecular weight excluding hydrogens is 276 g/mol. The molecule has 0 aliphatic carbocycles. The van der Waals surface area contributed by atoms with Gasteiger partial charge in [0.15, 0.2) is 0 Å². The molecule has 120 valence electrons. The molecule has 0 heterocycles. The second-order valence-electron chi connectivity index (χ2n) is 5.15. The van der Waals surface area contributed by atoms with Gasteiger partial charge in [-0.25, -0.2) is 0 Å². The van der Waals surface area contributed by atoms with Crippen LogP contribution in [0.15, 0.2) is 30.9 Å². The number of rotatable bonds is 8. The maximum absolute atomic E-state index is 12.1. The third-order valence-electron chi connectivity index (χ3n) is 3.62. The highest BCUT2D eigenvalue weighted by Gasteiger charge is 2.18. The third kappa shape index (κ3) is 4.72. The van der Waals surface area contributed by atoms with Crippen LogP contribution in [-0.4, -0.2) is 24.9 Å². The lowest BCUT2D eigenvalue weighted by atomic mass is 10.0. The molecule has 0 saturated carbocycles. The molecule has 0 aliphatic rings. The number of nitrogens with zero attached hydrogens (tertiary/aromatic N) is 1. The zero-order valence-electron chi connectivity index (χ0n) is 13.8. The van der Waals surface area contributed by atoms with Crippen molar-refractivity contribution in [3.05, 3.63) is 42.0 Å². The summed E-state index contributed by atoms with van der Waals surface area (Å²) >= 11 is 0. The number of aryl methyl sites for hydroxylation is 2. The number of carbonyl (C=O) groups is 2. The maximum atomic E-state index is 12.1. The molecule has 2 amide bonds. The van der Waals surface area contributed by atoms with Crippen molar-refractivity contribution >= 4 is 17.5 Å². The van der Waals surface area contributed by atoms with E-state index in [1.165, 1.54) is 0 Å². The van der Waals surface area contributed by atoms with Crippen LogP contribution < -0.4 is 10.2 Å². The Hall–Kier alpha value is -2.10. The van der Waals surface area contributed by atoms with Gasteiger partial charge in [0.05, 0.1) is 0 Å². The molecule has 4 heteroatoms. The summed E-state index contributed by atoms with van der Waals surface area (Å²) in [6.07, 6.45) is 3.64. The molecule has 1 rings (SSSR count). The second-order valence-corrected chi connectivity index (χ2v) is 5.15. The Kier molecular flexibility index (Phi) is 7.37. The van der Waals surface area contributed by atoms with Gasteiger partial charge >= 0.3 is 0 Å². The van der Waals surface area contributed by atoms with Crippen molar-refractivity contribution in [3.63, 3.8) is 0 Å². The largest absolute Gasteiger partial charge is 0.353 e. The van der Waals surface area contributed by atoms with E-state index >= 15 is 0 Å². The van der Waals surface area contributed by atoms with Gasteiger partial charge < -0.3 is 10.2 Å². The Balaban J connectivity index is 2.99. The van der Waals surface area contributed by atoms with Gasteiger partial charge in [-0.2, -0.15) is 0 Å². The van der Waals surface area contributed by atoms with Gasteiger partial charge in [-0.05, 0) is 24.0 Å². The van der Waals surface area contributed by atoms with Gasteiger partial charge in [-0.3, -0.25) is 9.59 Å². The fourth-order valence-electron chi connectivity index (χ4n) is 2.48. The van der Waals surface area contributed by atoms with Crippen LogP contribution in [0.25, 0.3) is 0 Å². The van der Waals surface area contributed by atoms with Gasteiger partial charge in [0, 0.05) is 32.1 Å². The van der Waals surface area contributed by atoms with Crippen LogP contribution in [0, 0.1) is 0 Å². The molecule has 0 aliphatic heterocycles. The fraction of sp³-hybridized carbons (Fsp3) is 0.444. The summed E-state index contributed by atoms with van der Waals surface area (Å²) in [5.41, 5.74) is 3.25. The number of anilines is 1. The normalized spacial score (nSPS) is 10.1. The predicted molar refractivity (Wildman–Crippen MR) is 91.0 cm³/mol. The first-order valence-corrected chi connectivity index (χ1v) is 7.81. The molecule has 1 aromatic rings. The quantitative estimate of drug-likeness (QED) is 0.751. The molecule has 4 nitrogen and oxygen atoms in total. The Morgan fingerprint density at radius 3 is 2.27 bits per heavy atom. The van der Waals surface area contributed by atoms with Crippen molar-refractivity contribution in [2.75, 3.05) is 18.0 Å². The maximum Gasteiger partial charge on any atom is 0.223 e. The highest BCUT2D eigenvalue weighted by Crippen LogP contribution is 2.27. The lowest BCUT2D eigenvalue weighted by Crippen LogP contribution is -2.35. The fourth-order valence-corrected chi connectivity index (χ4v) is 2.48. The minimum absolute atomic E-state index is 0.0351. The lowest BCUT2D eigenvalue weighted by Gasteiger charge is -2.26. The summed E-state index contributed by atoms with van der Waals surface area (Å²) < 4.78 is 0. The topological polar surface area (TPSA) is 49.4 Å². The van der Waals surface area contributed by atoms with Gasteiger partial charge in [-0.15, -0.1) is 6.58 Å². The molecule has 1 N–H and O–H groups in total. The van der Waals surface area contributed by atoms with Gasteiger partial charge in [0.2, 0.25) is 11.8 Å². The van der Waals surface area contributed by atoms with E-state index in [1.54, 1.807) is 17.9 Å². The predicted octanol–water partition coefficient (Wildman–Crippen LogP) is 2.86. The molecule has 0 spiro atoms. The molecule has 0 radical (unpaired) electrons. The van der Waals surface area contributed by atoms with Crippen LogP contribution >= 0.6 is 0 Å². The van der Waals surface area contributed by atoms with E-state index in [4.69, 9.17) is 0 Å². The molecule has 0 bridgehead atoms. The Bertz CT molecular complexity index is 516. The molecule has 0 aromatic heterocycles. The average molecular weight is 302 g/mol. The zero-order chi connectivity index (χ0) is 16.5. The first-order valence-electron chi connectivity index (χ1n) is 7.81. The van der Waals surface area contributed by atoms with Crippen LogP contribution in [0.2, 0.25) is 0 Å². The lowest BCUT2D eigenvalue weighted by molar-refractivity contribution is -0.120. The number of para-hydroxylation sites is 1. The highest BCUT2D eigenvalue weighted by molar-refractivity contribution is 5.94. The van der Waals surface area contributed by atoms with E-state index in [0.29, 0.717) is 13.1 Å². The van der Waals surface area contributed by atoms with E-state index in [9.17, 15) is 9.59 Å². The molecule has 22 heavy (non-hydrogen) atoms. The Labute approximate surface area is 133 Å². The van der Waals surface area contributed by atoms with Crippen LogP contribution in [0.4, 0.5) is 5.69 Å². The zero-order valence-corrected chi connectivity index (χ0v) is 13.8. The van der Waals surface area contributed by atoms with Gasteiger partial charge in [0.25, 0.3) is 0 Å². The molecule has 0 fully saturated rings. The summed E-state index contributed by atoms with van der Waals surface area (Å²) in [5, 5.41) is 2.74. The summed E-state index contributed by atoms with van der Waals surface area (Å²) in [7, 11) is 0. The van der Waals surface area contributed by atoms with E-state index in [-0.39, 0.29) is 18.2 Å². The first-order chi connectivity index (χ1) is 10.5. The van der Waals surface area contributed by atoms with E-state index in [1.807, 2.05) is 18.2 Å². The van der Waals surface area contributed by atoms with E-state index < -0.39 is 0 Å². The van der Waals surface area contributed by atoms with Crippen molar-refractivity contribution in [2.45, 2.75) is 40.0 Å². The van der Waals surface area contributed by atoms with Crippen LogP contribution in [0.3, 0.4) is 0 Å². The number of hydrogen-bond acceptors (Lipinski definition) is 2. The number of carbonyl (C=O) groups excluding carboxylic acids is 2. The number of hydrogen-bond donors (Lipinski definition) is 1. The van der Waals surface area contributed by atoms with E-state index in [2.05, 4.69) is 25.7 Å². The summed E-state index contributed by atoms with van der Waals surface area (Å²) in [6.45, 7) is 10.1. The minimum atomic E-state index is -0.0711. The molecule has 0 atom stereocenters. The summed E-state index contributed by atoms with van der Waals surface area (Å²) in [6, 6.07) is 6.11. The average Bonchev–Trinajstić information content (AvgIpc) is 2.52. The van der Waals surface area contributed by atoms with Crippen molar-refractivity contribution in [3.8, 4) is 0 Å². The van der Waals surface area contributed by atoms with E-state index in [0.717, 1.165) is 29.7 Å². The number of benzene rings is 1. The molecule has 1 aromatic carbocycles. The van der Waals surface area contributed by atoms with Crippen molar-refractivity contribution in [1.82, 2.24) is 5.32 Å². The first kappa shape index (κ1) is 18.0. The third-order valence-corrected chi connectivity index (χ3v) is 3.62. The second kappa shape index (κ2) is 9.03. The Morgan fingerprint density at radius 2 is 1.82 bits per heavy atom. The van der Waals surface area contributed by atoms with Crippen LogP contribution in [0.5, 0.6) is 0 Å². The number of amides is 2. The number of nitrogens with one attached hydrogen (secondary N) is 1. The standard InChI is InChI=1S/C18H26N2O2/c1-5-12-19-17(22)11-13-20(14(4)21)18-15(6-2)9-8-10-16(18)7-3/h5,8-10H,1,6-7,11-13H2,2-4H3,(H,19,22). The SMILES string of the molecule is C=CCNC(=O)CCN(C(C)=O)c1c(CC)cccc1CC.